The summed E-state index contributed by atoms with van der Waals surface area (Å²) in [6.07, 6.45) is 13.9. The van der Waals surface area contributed by atoms with Crippen LogP contribution in [0, 0.1) is 0 Å². The van der Waals surface area contributed by atoms with Crippen LogP contribution in [0.5, 0.6) is 0 Å². The highest BCUT2D eigenvalue weighted by Crippen LogP contribution is 2.31. The average Bonchev–Trinajstić information content (AvgIpc) is 3.11. The quantitative estimate of drug-likeness (QED) is 0.765. The lowest BCUT2D eigenvalue weighted by Crippen LogP contribution is -2.52. The fourth-order valence-corrected chi connectivity index (χ4v) is 5.87. The fraction of sp³-hybridized carbons (Fsp3) is 1.00. The van der Waals surface area contributed by atoms with Gasteiger partial charge in [-0.25, -0.2) is 0 Å². The average molecular weight is 300 g/mol. The van der Waals surface area contributed by atoms with Crippen LogP contribution in [-0.4, -0.2) is 32.2 Å². The van der Waals surface area contributed by atoms with Gasteiger partial charge in [0.25, 0.3) is 0 Å². The first kappa shape index (κ1) is 15.0. The molecule has 5 heteroatoms. The third kappa shape index (κ3) is 4.04. The Morgan fingerprint density at radius 2 is 0.800 bits per heavy atom. The van der Waals surface area contributed by atoms with Gasteiger partial charge in [-0.05, 0) is 38.5 Å². The van der Waals surface area contributed by atoms with Crippen LogP contribution in [0.1, 0.15) is 77.0 Å². The van der Waals surface area contributed by atoms with E-state index in [9.17, 15) is 4.80 Å². The molecule has 0 amide bonds. The minimum Gasteiger partial charge on any atom is -0.367 e. The van der Waals surface area contributed by atoms with Crippen LogP contribution < -0.4 is 0 Å². The van der Waals surface area contributed by atoms with Gasteiger partial charge in [-0.15, -0.1) is 0 Å². The Bertz CT molecular complexity index is 249. The summed E-state index contributed by atoms with van der Waals surface area (Å²) in [7, 11) is -3.44. The van der Waals surface area contributed by atoms with Gasteiger partial charge < -0.3 is 18.1 Å². The summed E-state index contributed by atoms with van der Waals surface area (Å²) in [5.74, 6) is 0. The monoisotopic (exact) mass is 300 g/mol. The molecule has 3 aliphatic rings. The highest BCUT2D eigenvalue weighted by atomic mass is 28.4. The van der Waals surface area contributed by atoms with Gasteiger partial charge in [0, 0.05) is 0 Å². The van der Waals surface area contributed by atoms with Crippen molar-refractivity contribution in [1.29, 1.82) is 0 Å². The van der Waals surface area contributed by atoms with Gasteiger partial charge in [-0.3, -0.25) is 0 Å². The van der Waals surface area contributed by atoms with Crippen molar-refractivity contribution in [2.75, 3.05) is 0 Å². The largest absolute Gasteiger partial charge is 0.677 e. The molecule has 0 spiro atoms. The second kappa shape index (κ2) is 6.88. The van der Waals surface area contributed by atoms with E-state index in [1.807, 2.05) is 0 Å². The molecule has 3 aliphatic carbocycles. The molecule has 116 valence electrons. The van der Waals surface area contributed by atoms with Crippen LogP contribution in [0.3, 0.4) is 0 Å². The van der Waals surface area contributed by atoms with Crippen molar-refractivity contribution in [3.8, 4) is 0 Å². The Morgan fingerprint density at radius 1 is 0.550 bits per heavy atom. The van der Waals surface area contributed by atoms with Gasteiger partial charge in [-0.2, -0.15) is 0 Å². The molecule has 0 saturated heterocycles. The smallest absolute Gasteiger partial charge is 0.367 e. The summed E-state index contributed by atoms with van der Waals surface area (Å²) in [5, 5.41) is 0. The van der Waals surface area contributed by atoms with Crippen molar-refractivity contribution in [2.24, 2.45) is 0 Å². The van der Waals surface area contributed by atoms with E-state index in [-0.39, 0.29) is 18.3 Å². The van der Waals surface area contributed by atoms with Crippen molar-refractivity contribution in [2.45, 2.75) is 95.4 Å². The molecule has 0 bridgehead atoms. The molecular weight excluding hydrogens is 272 g/mol. The molecule has 3 fully saturated rings. The summed E-state index contributed by atoms with van der Waals surface area (Å²) < 4.78 is 17.9. The Kier molecular flexibility index (Phi) is 5.15. The van der Waals surface area contributed by atoms with Crippen LogP contribution in [0.15, 0.2) is 0 Å². The van der Waals surface area contributed by atoms with Crippen LogP contribution in [0.2, 0.25) is 0 Å². The summed E-state index contributed by atoms with van der Waals surface area (Å²) in [5.41, 5.74) is 0. The van der Waals surface area contributed by atoms with Gasteiger partial charge in [0.05, 0.1) is 18.3 Å². The maximum atomic E-state index is 10.9. The SMILES string of the molecule is O[Si](OC1CCCC1)(OC1CCCC1)OC1CCCC1. The van der Waals surface area contributed by atoms with E-state index in [0.29, 0.717) is 0 Å². The van der Waals surface area contributed by atoms with Crippen molar-refractivity contribution in [3.05, 3.63) is 0 Å². The van der Waals surface area contributed by atoms with E-state index in [1.165, 1.54) is 38.5 Å². The molecule has 0 unspecified atom stereocenters. The van der Waals surface area contributed by atoms with E-state index in [1.54, 1.807) is 0 Å². The number of rotatable bonds is 6. The van der Waals surface area contributed by atoms with E-state index >= 15 is 0 Å². The molecule has 0 aromatic rings. The molecule has 3 saturated carbocycles. The lowest BCUT2D eigenvalue weighted by Gasteiger charge is -2.31. The Morgan fingerprint density at radius 3 is 1.05 bits per heavy atom. The zero-order valence-electron chi connectivity index (χ0n) is 12.4. The molecule has 0 aliphatic heterocycles. The summed E-state index contributed by atoms with van der Waals surface area (Å²) >= 11 is 0. The zero-order chi connectivity index (χ0) is 13.8. The first-order chi connectivity index (χ1) is 9.73. The predicted octanol–water partition coefficient (Wildman–Crippen LogP) is 3.29. The molecule has 0 atom stereocenters. The van der Waals surface area contributed by atoms with Crippen molar-refractivity contribution in [3.63, 3.8) is 0 Å². The second-order valence-corrected chi connectivity index (χ2v) is 8.35. The van der Waals surface area contributed by atoms with Crippen molar-refractivity contribution in [1.82, 2.24) is 0 Å². The highest BCUT2D eigenvalue weighted by Gasteiger charge is 2.48. The lowest BCUT2D eigenvalue weighted by atomic mass is 10.3. The van der Waals surface area contributed by atoms with E-state index in [4.69, 9.17) is 13.3 Å². The molecular formula is C15H28O4Si. The summed E-state index contributed by atoms with van der Waals surface area (Å²) in [4.78, 5) is 10.9. The highest BCUT2D eigenvalue weighted by molar-refractivity contribution is 6.52. The molecule has 20 heavy (non-hydrogen) atoms. The van der Waals surface area contributed by atoms with Gasteiger partial charge in [0.1, 0.15) is 0 Å². The van der Waals surface area contributed by atoms with E-state index in [2.05, 4.69) is 0 Å². The Balaban J connectivity index is 1.59. The maximum absolute atomic E-state index is 10.9. The molecule has 3 rings (SSSR count). The first-order valence-electron chi connectivity index (χ1n) is 8.49. The molecule has 4 nitrogen and oxygen atoms in total. The normalized spacial score (nSPS) is 26.9. The molecule has 1 N–H and O–H groups in total. The summed E-state index contributed by atoms with van der Waals surface area (Å²) in [6, 6.07) is 0. The number of hydrogen-bond acceptors (Lipinski definition) is 4. The van der Waals surface area contributed by atoms with Gasteiger partial charge in [-0.1, -0.05) is 38.5 Å². The Hall–Kier alpha value is 0.0569. The molecule has 0 aromatic carbocycles. The van der Waals surface area contributed by atoms with Crippen LogP contribution in [-0.2, 0) is 13.3 Å². The fourth-order valence-electron chi connectivity index (χ4n) is 3.73. The van der Waals surface area contributed by atoms with Gasteiger partial charge >= 0.3 is 9.05 Å². The Labute approximate surface area is 123 Å². The number of hydrogen-bond donors (Lipinski definition) is 1. The van der Waals surface area contributed by atoms with Crippen LogP contribution >= 0.6 is 0 Å². The standard InChI is InChI=1S/C15H28O4Si/c16-20(17-13-7-1-2-8-13,18-14-9-3-4-10-14)19-15-11-5-6-12-15/h13-16H,1-12H2. The summed E-state index contributed by atoms with van der Waals surface area (Å²) in [6.45, 7) is 0. The van der Waals surface area contributed by atoms with Gasteiger partial charge in [0.15, 0.2) is 0 Å². The predicted molar refractivity (Wildman–Crippen MR) is 78.0 cm³/mol. The minimum absolute atomic E-state index is 0.148. The third-order valence-electron chi connectivity index (χ3n) is 4.85. The van der Waals surface area contributed by atoms with Crippen LogP contribution in [0.4, 0.5) is 0 Å². The van der Waals surface area contributed by atoms with Crippen LogP contribution in [0.25, 0.3) is 0 Å². The molecule has 0 radical (unpaired) electrons. The first-order valence-corrected chi connectivity index (χ1v) is 10.2. The second-order valence-electron chi connectivity index (χ2n) is 6.60. The molecule has 0 heterocycles. The zero-order valence-corrected chi connectivity index (χ0v) is 13.4. The van der Waals surface area contributed by atoms with Crippen molar-refractivity contribution >= 4 is 9.05 Å². The lowest BCUT2D eigenvalue weighted by molar-refractivity contribution is -0.0685. The third-order valence-corrected chi connectivity index (χ3v) is 6.75. The molecule has 0 aromatic heterocycles. The van der Waals surface area contributed by atoms with Gasteiger partial charge in [0.2, 0.25) is 0 Å². The topological polar surface area (TPSA) is 47.9 Å². The van der Waals surface area contributed by atoms with E-state index in [0.717, 1.165) is 38.5 Å². The van der Waals surface area contributed by atoms with E-state index < -0.39 is 9.05 Å². The van der Waals surface area contributed by atoms with Crippen molar-refractivity contribution < 1.29 is 18.1 Å². The maximum Gasteiger partial charge on any atom is 0.677 e. The minimum atomic E-state index is -3.44.